The van der Waals surface area contributed by atoms with E-state index in [0.717, 1.165) is 0 Å². The van der Waals surface area contributed by atoms with E-state index in [-0.39, 0.29) is 5.56 Å². The maximum atomic E-state index is 12.2. The molecule has 2 aromatic carbocycles. The van der Waals surface area contributed by atoms with E-state index in [1.807, 2.05) is 0 Å². The second-order valence-corrected chi connectivity index (χ2v) is 6.62. The molecule has 3 N–H and O–H groups in total. The van der Waals surface area contributed by atoms with Crippen molar-refractivity contribution < 1.29 is 14.7 Å². The van der Waals surface area contributed by atoms with Gasteiger partial charge in [-0.25, -0.2) is 4.79 Å². The molecule has 0 aliphatic heterocycles. The molecular formula is C20H14Cl2N2O3. The van der Waals surface area contributed by atoms with Gasteiger partial charge in [0, 0.05) is 21.2 Å². The number of rotatable bonds is 5. The molecule has 0 saturated carbocycles. The molecule has 3 rings (SSSR count). The van der Waals surface area contributed by atoms with Crippen molar-refractivity contribution >= 4 is 35.1 Å². The molecule has 0 radical (unpaired) electrons. The SMILES string of the molecule is NC(=O)C(c1cccc(-c2ccc(C(=O)O)cc2)n1)c1c(Cl)cccc1Cl. The molecule has 0 aliphatic rings. The molecule has 0 aliphatic carbocycles. The number of pyridine rings is 1. The lowest BCUT2D eigenvalue weighted by molar-refractivity contribution is -0.118. The summed E-state index contributed by atoms with van der Waals surface area (Å²) in [5, 5.41) is 9.66. The van der Waals surface area contributed by atoms with Crippen LogP contribution < -0.4 is 5.73 Å². The monoisotopic (exact) mass is 400 g/mol. The fraction of sp³-hybridized carbons (Fsp3) is 0.0500. The molecule has 1 aromatic heterocycles. The van der Waals surface area contributed by atoms with Crippen molar-refractivity contribution in [3.8, 4) is 11.3 Å². The quantitative estimate of drug-likeness (QED) is 0.664. The van der Waals surface area contributed by atoms with Gasteiger partial charge in [0.1, 0.15) is 5.92 Å². The molecule has 27 heavy (non-hydrogen) atoms. The minimum Gasteiger partial charge on any atom is -0.478 e. The molecule has 136 valence electrons. The third-order valence-electron chi connectivity index (χ3n) is 4.07. The lowest BCUT2D eigenvalue weighted by atomic mass is 9.93. The van der Waals surface area contributed by atoms with Crippen molar-refractivity contribution in [3.63, 3.8) is 0 Å². The smallest absolute Gasteiger partial charge is 0.335 e. The highest BCUT2D eigenvalue weighted by atomic mass is 35.5. The van der Waals surface area contributed by atoms with E-state index >= 15 is 0 Å². The van der Waals surface area contributed by atoms with Crippen molar-refractivity contribution in [3.05, 3.63) is 87.5 Å². The molecule has 3 aromatic rings. The largest absolute Gasteiger partial charge is 0.478 e. The minimum atomic E-state index is -1.01. The lowest BCUT2D eigenvalue weighted by Gasteiger charge is -2.17. The zero-order valence-corrected chi connectivity index (χ0v) is 15.4. The van der Waals surface area contributed by atoms with Gasteiger partial charge in [-0.15, -0.1) is 0 Å². The fourth-order valence-electron chi connectivity index (χ4n) is 2.78. The van der Waals surface area contributed by atoms with Crippen LogP contribution in [0.3, 0.4) is 0 Å². The summed E-state index contributed by atoms with van der Waals surface area (Å²) in [5.41, 5.74) is 7.87. The summed E-state index contributed by atoms with van der Waals surface area (Å²) >= 11 is 12.5. The average Bonchev–Trinajstić information content (AvgIpc) is 2.64. The molecule has 0 bridgehead atoms. The van der Waals surface area contributed by atoms with E-state index < -0.39 is 17.8 Å². The van der Waals surface area contributed by atoms with E-state index in [4.69, 9.17) is 34.0 Å². The van der Waals surface area contributed by atoms with Crippen molar-refractivity contribution in [1.29, 1.82) is 0 Å². The van der Waals surface area contributed by atoms with Gasteiger partial charge in [-0.2, -0.15) is 0 Å². The lowest BCUT2D eigenvalue weighted by Crippen LogP contribution is -2.24. The van der Waals surface area contributed by atoms with Gasteiger partial charge in [0.2, 0.25) is 5.91 Å². The fourth-order valence-corrected chi connectivity index (χ4v) is 3.39. The van der Waals surface area contributed by atoms with Gasteiger partial charge in [-0.05, 0) is 36.4 Å². The third kappa shape index (κ3) is 3.94. The average molecular weight is 401 g/mol. The number of primary amides is 1. The number of nitrogens with zero attached hydrogens (tertiary/aromatic N) is 1. The van der Waals surface area contributed by atoms with Crippen molar-refractivity contribution in [2.45, 2.75) is 5.92 Å². The second-order valence-electron chi connectivity index (χ2n) is 5.80. The Balaban J connectivity index is 2.07. The number of carboxylic acid groups (broad SMARTS) is 1. The van der Waals surface area contributed by atoms with E-state index in [0.29, 0.717) is 32.6 Å². The number of carbonyl (C=O) groups excluding carboxylic acids is 1. The Kier molecular flexibility index (Phi) is 5.44. The first-order valence-corrected chi connectivity index (χ1v) is 8.68. The van der Waals surface area contributed by atoms with Crippen LogP contribution in [0.25, 0.3) is 11.3 Å². The van der Waals surface area contributed by atoms with Gasteiger partial charge in [0.15, 0.2) is 0 Å². The molecule has 1 heterocycles. The second kappa shape index (κ2) is 7.78. The number of halogens is 2. The van der Waals surface area contributed by atoms with Crippen LogP contribution in [0.2, 0.25) is 10.0 Å². The first kappa shape index (κ1) is 18.9. The molecule has 1 unspecified atom stereocenters. The zero-order valence-electron chi connectivity index (χ0n) is 13.9. The number of aromatic nitrogens is 1. The van der Waals surface area contributed by atoms with Crippen LogP contribution in [-0.4, -0.2) is 22.0 Å². The number of hydrogen-bond acceptors (Lipinski definition) is 3. The molecule has 0 fully saturated rings. The Labute approximate surface area is 165 Å². The molecular weight excluding hydrogens is 387 g/mol. The van der Waals surface area contributed by atoms with Crippen LogP contribution in [0.4, 0.5) is 0 Å². The Hall–Kier alpha value is -2.89. The molecule has 0 spiro atoms. The summed E-state index contributed by atoms with van der Waals surface area (Å²) in [6.45, 7) is 0. The normalized spacial score (nSPS) is 11.8. The number of carbonyl (C=O) groups is 2. The number of aromatic carboxylic acids is 1. The van der Waals surface area contributed by atoms with E-state index in [1.165, 1.54) is 12.1 Å². The standard InChI is InChI=1S/C20H14Cl2N2O3/c21-13-3-1-4-14(22)17(13)18(19(23)25)16-6-2-5-15(24-16)11-7-9-12(10-8-11)20(26)27/h1-10,18H,(H2,23,25)(H,26,27). The molecule has 1 amide bonds. The van der Waals surface area contributed by atoms with Crippen molar-refractivity contribution in [2.24, 2.45) is 5.73 Å². The summed E-state index contributed by atoms with van der Waals surface area (Å²) in [5.74, 6) is -2.55. The number of carboxylic acids is 1. The van der Waals surface area contributed by atoms with Crippen LogP contribution in [0, 0.1) is 0 Å². The van der Waals surface area contributed by atoms with Gasteiger partial charge in [0.25, 0.3) is 0 Å². The maximum absolute atomic E-state index is 12.2. The Bertz CT molecular complexity index is 1000. The summed E-state index contributed by atoms with van der Waals surface area (Å²) in [7, 11) is 0. The van der Waals surface area contributed by atoms with Gasteiger partial charge < -0.3 is 10.8 Å². The first-order chi connectivity index (χ1) is 12.9. The predicted octanol–water partition coefficient (Wildman–Crippen LogP) is 4.37. The maximum Gasteiger partial charge on any atom is 0.335 e. The molecule has 0 saturated heterocycles. The highest BCUT2D eigenvalue weighted by molar-refractivity contribution is 6.36. The van der Waals surface area contributed by atoms with Gasteiger partial charge in [-0.1, -0.05) is 47.5 Å². The van der Waals surface area contributed by atoms with Gasteiger partial charge >= 0.3 is 5.97 Å². The summed E-state index contributed by atoms with van der Waals surface area (Å²) in [6, 6.07) is 16.4. The number of nitrogens with two attached hydrogens (primary N) is 1. The summed E-state index contributed by atoms with van der Waals surface area (Å²) in [4.78, 5) is 27.7. The number of amides is 1. The topological polar surface area (TPSA) is 93.3 Å². The summed E-state index contributed by atoms with van der Waals surface area (Å²) in [6.07, 6.45) is 0. The number of hydrogen-bond donors (Lipinski definition) is 2. The first-order valence-electron chi connectivity index (χ1n) is 7.92. The van der Waals surface area contributed by atoms with Crippen LogP contribution in [0.5, 0.6) is 0 Å². The van der Waals surface area contributed by atoms with E-state index in [9.17, 15) is 9.59 Å². The predicted molar refractivity (Wildman–Crippen MR) is 104 cm³/mol. The Morgan fingerprint density at radius 1 is 0.926 bits per heavy atom. The summed E-state index contributed by atoms with van der Waals surface area (Å²) < 4.78 is 0. The number of benzene rings is 2. The van der Waals surface area contributed by atoms with E-state index in [2.05, 4.69) is 4.98 Å². The highest BCUT2D eigenvalue weighted by Gasteiger charge is 2.26. The third-order valence-corrected chi connectivity index (χ3v) is 4.73. The van der Waals surface area contributed by atoms with Crippen LogP contribution in [0.15, 0.2) is 60.7 Å². The zero-order chi connectivity index (χ0) is 19.6. The van der Waals surface area contributed by atoms with Crippen LogP contribution in [-0.2, 0) is 4.79 Å². The molecule has 1 atom stereocenters. The highest BCUT2D eigenvalue weighted by Crippen LogP contribution is 2.35. The van der Waals surface area contributed by atoms with Crippen molar-refractivity contribution in [2.75, 3.05) is 0 Å². The Morgan fingerprint density at radius 3 is 2.07 bits per heavy atom. The van der Waals surface area contributed by atoms with Crippen molar-refractivity contribution in [1.82, 2.24) is 4.98 Å². The van der Waals surface area contributed by atoms with Gasteiger partial charge in [-0.3, -0.25) is 9.78 Å². The van der Waals surface area contributed by atoms with Crippen LogP contribution >= 0.6 is 23.2 Å². The van der Waals surface area contributed by atoms with E-state index in [1.54, 1.807) is 48.5 Å². The molecule has 5 nitrogen and oxygen atoms in total. The van der Waals surface area contributed by atoms with Crippen LogP contribution in [0.1, 0.15) is 27.5 Å². The van der Waals surface area contributed by atoms with Gasteiger partial charge in [0.05, 0.1) is 17.0 Å². The minimum absolute atomic E-state index is 0.174. The molecule has 7 heteroatoms. The Morgan fingerprint density at radius 2 is 1.52 bits per heavy atom.